The number of primary amides is 1. The minimum atomic E-state index is -3.67. The molecule has 1 amide bonds. The van der Waals surface area contributed by atoms with Crippen molar-refractivity contribution in [1.29, 1.82) is 0 Å². The highest BCUT2D eigenvalue weighted by Gasteiger charge is 2.09. The molecule has 0 fully saturated rings. The summed E-state index contributed by atoms with van der Waals surface area (Å²) < 4.78 is 25.9. The van der Waals surface area contributed by atoms with Gasteiger partial charge in [-0.1, -0.05) is 20.3 Å². The Morgan fingerprint density at radius 1 is 1.43 bits per heavy atom. The molecule has 1 atom stereocenters. The zero-order valence-electron chi connectivity index (χ0n) is 8.86. The normalized spacial score (nSPS) is 12.6. The van der Waals surface area contributed by atoms with Gasteiger partial charge in [-0.05, 0) is 12.8 Å². The molecule has 0 aromatic carbocycles. The third-order valence-corrected chi connectivity index (χ3v) is 1.53. The van der Waals surface area contributed by atoms with Gasteiger partial charge in [-0.2, -0.15) is 8.42 Å². The molecule has 0 radical (unpaired) electrons. The highest BCUT2D eigenvalue weighted by atomic mass is 32.2. The Bertz CT molecular complexity index is 240. The zero-order valence-corrected chi connectivity index (χ0v) is 9.67. The van der Waals surface area contributed by atoms with Crippen molar-refractivity contribution in [2.75, 3.05) is 6.26 Å². The lowest BCUT2D eigenvalue weighted by molar-refractivity contribution is -0.122. The maximum atomic E-state index is 10.5. The van der Waals surface area contributed by atoms with Crippen LogP contribution in [0.15, 0.2) is 0 Å². The van der Waals surface area contributed by atoms with Crippen molar-refractivity contribution in [3.8, 4) is 0 Å². The molecule has 0 aliphatic carbocycles. The van der Waals surface area contributed by atoms with Crippen molar-refractivity contribution in [3.05, 3.63) is 0 Å². The molecule has 0 spiro atoms. The number of carbonyl (C=O) groups is 1. The fourth-order valence-corrected chi connectivity index (χ4v) is 0.896. The van der Waals surface area contributed by atoms with Crippen LogP contribution in [0.5, 0.6) is 0 Å². The number of hydrogen-bond donors (Lipinski definition) is 2. The quantitative estimate of drug-likeness (QED) is 0.691. The van der Waals surface area contributed by atoms with Crippen molar-refractivity contribution in [1.82, 2.24) is 0 Å². The maximum Gasteiger partial charge on any atom is 0.261 e. The minimum Gasteiger partial charge on any atom is -0.369 e. The van der Waals surface area contributed by atoms with Gasteiger partial charge in [0.2, 0.25) is 5.91 Å². The van der Waals surface area contributed by atoms with E-state index in [2.05, 4.69) is 6.92 Å². The molecule has 0 rings (SSSR count). The lowest BCUT2D eigenvalue weighted by atomic mass is 10.0. The summed E-state index contributed by atoms with van der Waals surface area (Å²) in [6, 6.07) is 0. The van der Waals surface area contributed by atoms with E-state index in [4.69, 9.17) is 10.3 Å². The number of hydrogen-bond acceptors (Lipinski definition) is 3. The molecule has 0 saturated carbocycles. The molecular weight excluding hydrogens is 206 g/mol. The van der Waals surface area contributed by atoms with Gasteiger partial charge in [0, 0.05) is 5.92 Å². The number of carbonyl (C=O) groups excluding carboxylic acids is 1. The van der Waals surface area contributed by atoms with Crippen LogP contribution in [0, 0.1) is 5.92 Å². The van der Waals surface area contributed by atoms with Gasteiger partial charge < -0.3 is 5.73 Å². The molecule has 1 unspecified atom stereocenters. The van der Waals surface area contributed by atoms with Crippen LogP contribution in [0.1, 0.15) is 33.1 Å². The number of amides is 1. The van der Waals surface area contributed by atoms with Crippen LogP contribution in [-0.2, 0) is 14.9 Å². The smallest absolute Gasteiger partial charge is 0.261 e. The zero-order chi connectivity index (χ0) is 11.8. The molecular formula is C8H19NO4S. The number of rotatable bonds is 4. The minimum absolute atomic E-state index is 0.106. The molecule has 0 heterocycles. The molecule has 3 N–H and O–H groups in total. The molecule has 0 aliphatic heterocycles. The van der Waals surface area contributed by atoms with Crippen LogP contribution in [0.2, 0.25) is 0 Å². The molecule has 5 nitrogen and oxygen atoms in total. The summed E-state index contributed by atoms with van der Waals surface area (Å²) in [6.07, 6.45) is 3.57. The van der Waals surface area contributed by atoms with E-state index in [1.165, 1.54) is 0 Å². The van der Waals surface area contributed by atoms with Gasteiger partial charge in [0.05, 0.1) is 6.26 Å². The molecule has 14 heavy (non-hydrogen) atoms. The second-order valence-corrected chi connectivity index (χ2v) is 4.50. The Morgan fingerprint density at radius 3 is 1.86 bits per heavy atom. The Labute approximate surface area is 85.4 Å². The summed E-state index contributed by atoms with van der Waals surface area (Å²) in [5, 5.41) is 0. The summed E-state index contributed by atoms with van der Waals surface area (Å²) in [4.78, 5) is 10.5. The maximum absolute atomic E-state index is 10.5. The van der Waals surface area contributed by atoms with E-state index >= 15 is 0 Å². The molecule has 0 saturated heterocycles. The molecule has 0 aliphatic rings. The van der Waals surface area contributed by atoms with Crippen molar-refractivity contribution in [3.63, 3.8) is 0 Å². The predicted octanol–water partition coefficient (Wildman–Crippen LogP) is 0.802. The Morgan fingerprint density at radius 2 is 1.79 bits per heavy atom. The fraction of sp³-hybridized carbons (Fsp3) is 0.875. The van der Waals surface area contributed by atoms with Crippen LogP contribution in [0.4, 0.5) is 0 Å². The summed E-state index contributed by atoms with van der Waals surface area (Å²) in [6.45, 7) is 4.05. The molecule has 86 valence electrons. The lowest BCUT2D eigenvalue weighted by Gasteiger charge is -2.06. The van der Waals surface area contributed by atoms with Crippen LogP contribution < -0.4 is 5.73 Å². The van der Waals surface area contributed by atoms with Gasteiger partial charge in [0.25, 0.3) is 10.1 Å². The first-order valence-corrected chi connectivity index (χ1v) is 6.28. The highest BCUT2D eigenvalue weighted by Crippen LogP contribution is 2.08. The van der Waals surface area contributed by atoms with Crippen molar-refractivity contribution >= 4 is 16.0 Å². The van der Waals surface area contributed by atoms with Crippen molar-refractivity contribution in [2.24, 2.45) is 11.7 Å². The predicted molar refractivity (Wildman–Crippen MR) is 55.4 cm³/mol. The van der Waals surface area contributed by atoms with Crippen molar-refractivity contribution < 1.29 is 17.8 Å². The topological polar surface area (TPSA) is 97.5 Å². The van der Waals surface area contributed by atoms with E-state index in [1.54, 1.807) is 0 Å². The average Bonchev–Trinajstić information content (AvgIpc) is 1.96. The first-order chi connectivity index (χ1) is 6.22. The SMILES string of the molecule is CCCC(CC)C(N)=O.CS(=O)(=O)O. The largest absolute Gasteiger partial charge is 0.369 e. The van der Waals surface area contributed by atoms with Gasteiger partial charge in [-0.25, -0.2) is 0 Å². The molecule has 0 bridgehead atoms. The summed E-state index contributed by atoms with van der Waals surface area (Å²) in [5.74, 6) is -0.0469. The van der Waals surface area contributed by atoms with E-state index < -0.39 is 10.1 Å². The van der Waals surface area contributed by atoms with Gasteiger partial charge in [0.1, 0.15) is 0 Å². The summed E-state index contributed by atoms with van der Waals surface area (Å²) in [7, 11) is -3.67. The van der Waals surface area contributed by atoms with E-state index in [0.717, 1.165) is 19.3 Å². The van der Waals surface area contributed by atoms with Gasteiger partial charge in [-0.3, -0.25) is 9.35 Å². The molecule has 0 aromatic heterocycles. The lowest BCUT2D eigenvalue weighted by Crippen LogP contribution is -2.22. The Hall–Kier alpha value is -0.620. The van der Waals surface area contributed by atoms with Gasteiger partial charge >= 0.3 is 0 Å². The van der Waals surface area contributed by atoms with E-state index in [1.807, 2.05) is 6.92 Å². The van der Waals surface area contributed by atoms with Crippen LogP contribution in [-0.4, -0.2) is 25.1 Å². The first-order valence-electron chi connectivity index (χ1n) is 4.44. The second-order valence-electron chi connectivity index (χ2n) is 3.03. The average molecular weight is 225 g/mol. The van der Waals surface area contributed by atoms with Gasteiger partial charge in [-0.15, -0.1) is 0 Å². The Balaban J connectivity index is 0. The molecule has 0 aromatic rings. The van der Waals surface area contributed by atoms with Crippen molar-refractivity contribution in [2.45, 2.75) is 33.1 Å². The Kier molecular flexibility index (Phi) is 8.77. The summed E-state index contributed by atoms with van der Waals surface area (Å²) >= 11 is 0. The second kappa shape index (κ2) is 7.75. The summed E-state index contributed by atoms with van der Waals surface area (Å²) in [5.41, 5.74) is 5.09. The van der Waals surface area contributed by atoms with Crippen LogP contribution >= 0.6 is 0 Å². The monoisotopic (exact) mass is 225 g/mol. The van der Waals surface area contributed by atoms with Gasteiger partial charge in [0.15, 0.2) is 0 Å². The highest BCUT2D eigenvalue weighted by molar-refractivity contribution is 7.85. The standard InChI is InChI=1S/C7H15NO.CH4O3S/c1-3-5-6(4-2)7(8)9;1-5(2,3)4/h6H,3-5H2,1-2H3,(H2,8,9);1H3,(H,2,3,4). The van der Waals surface area contributed by atoms with E-state index in [-0.39, 0.29) is 11.8 Å². The molecule has 6 heteroatoms. The fourth-order valence-electron chi connectivity index (χ4n) is 0.896. The third-order valence-electron chi connectivity index (χ3n) is 1.53. The van der Waals surface area contributed by atoms with E-state index in [9.17, 15) is 13.2 Å². The van der Waals surface area contributed by atoms with E-state index in [0.29, 0.717) is 6.26 Å². The third kappa shape index (κ3) is 17.5. The number of nitrogens with two attached hydrogens (primary N) is 1. The van der Waals surface area contributed by atoms with Crippen LogP contribution in [0.25, 0.3) is 0 Å². The first kappa shape index (κ1) is 15.8. The van der Waals surface area contributed by atoms with Crippen LogP contribution in [0.3, 0.4) is 0 Å².